The van der Waals surface area contributed by atoms with Crippen LogP contribution in [0.5, 0.6) is 0 Å². The average molecular weight is 423 g/mol. The summed E-state index contributed by atoms with van der Waals surface area (Å²) in [5.41, 5.74) is 2.40. The molecule has 1 aromatic rings. The highest BCUT2D eigenvalue weighted by molar-refractivity contribution is 7.86. The van der Waals surface area contributed by atoms with Crippen molar-refractivity contribution in [3.8, 4) is 0 Å². The summed E-state index contributed by atoms with van der Waals surface area (Å²) in [5.74, 6) is -0.103. The molecule has 7 nitrogen and oxygen atoms in total. The molecule has 0 atom stereocenters. The third-order valence-electron chi connectivity index (χ3n) is 5.93. The SMILES string of the molecule is CN(C)S(=O)(=O)N1CCC(C(=O)NCc2cccc(CN3CCCCC3)c2)CC1. The number of nitrogens with one attached hydrogen (secondary N) is 1. The van der Waals surface area contributed by atoms with E-state index in [9.17, 15) is 13.2 Å². The second-order valence-corrected chi connectivity index (χ2v) is 10.5. The number of hydrogen-bond donors (Lipinski definition) is 1. The van der Waals surface area contributed by atoms with Crippen LogP contribution in [0.25, 0.3) is 0 Å². The second-order valence-electron chi connectivity index (χ2n) is 8.34. The predicted molar refractivity (Wildman–Crippen MR) is 114 cm³/mol. The van der Waals surface area contributed by atoms with Gasteiger partial charge >= 0.3 is 0 Å². The fourth-order valence-electron chi connectivity index (χ4n) is 4.13. The summed E-state index contributed by atoms with van der Waals surface area (Å²) >= 11 is 0. The lowest BCUT2D eigenvalue weighted by Gasteiger charge is -2.32. The van der Waals surface area contributed by atoms with E-state index in [1.54, 1.807) is 0 Å². The van der Waals surface area contributed by atoms with Crippen molar-refractivity contribution in [2.45, 2.75) is 45.2 Å². The first-order valence-corrected chi connectivity index (χ1v) is 12.0. The van der Waals surface area contributed by atoms with Crippen LogP contribution in [0.4, 0.5) is 0 Å². The number of carbonyl (C=O) groups is 1. The summed E-state index contributed by atoms with van der Waals surface area (Å²) in [6.45, 7) is 4.61. The van der Waals surface area contributed by atoms with Crippen molar-refractivity contribution >= 4 is 16.1 Å². The van der Waals surface area contributed by atoms with Crippen LogP contribution in [0.1, 0.15) is 43.2 Å². The van der Waals surface area contributed by atoms with E-state index < -0.39 is 10.2 Å². The Morgan fingerprint density at radius 3 is 2.38 bits per heavy atom. The maximum Gasteiger partial charge on any atom is 0.281 e. The minimum atomic E-state index is -3.39. The molecule has 2 aliphatic heterocycles. The van der Waals surface area contributed by atoms with Crippen LogP contribution in [-0.2, 0) is 28.1 Å². The fourth-order valence-corrected chi connectivity index (χ4v) is 5.26. The quantitative estimate of drug-likeness (QED) is 0.727. The Morgan fingerprint density at radius 2 is 1.72 bits per heavy atom. The van der Waals surface area contributed by atoms with Crippen molar-refractivity contribution in [3.05, 3.63) is 35.4 Å². The van der Waals surface area contributed by atoms with Crippen molar-refractivity contribution in [3.63, 3.8) is 0 Å². The van der Waals surface area contributed by atoms with Gasteiger partial charge in [0, 0.05) is 46.2 Å². The molecule has 3 rings (SSSR count). The van der Waals surface area contributed by atoms with Gasteiger partial charge in [-0.05, 0) is 49.9 Å². The monoisotopic (exact) mass is 422 g/mol. The molecular weight excluding hydrogens is 388 g/mol. The molecule has 0 radical (unpaired) electrons. The molecule has 8 heteroatoms. The van der Waals surface area contributed by atoms with E-state index >= 15 is 0 Å². The predicted octanol–water partition coefficient (Wildman–Crippen LogP) is 1.81. The molecule has 0 unspecified atom stereocenters. The molecule has 2 fully saturated rings. The lowest BCUT2D eigenvalue weighted by atomic mass is 9.97. The smallest absolute Gasteiger partial charge is 0.281 e. The van der Waals surface area contributed by atoms with E-state index in [4.69, 9.17) is 0 Å². The third kappa shape index (κ3) is 6.01. The van der Waals surface area contributed by atoms with E-state index in [1.807, 2.05) is 6.07 Å². The minimum Gasteiger partial charge on any atom is -0.352 e. The van der Waals surface area contributed by atoms with Crippen LogP contribution in [0.2, 0.25) is 0 Å². The Morgan fingerprint density at radius 1 is 1.07 bits per heavy atom. The molecule has 1 aromatic carbocycles. The number of carbonyl (C=O) groups excluding carboxylic acids is 1. The van der Waals surface area contributed by atoms with Gasteiger partial charge in [-0.2, -0.15) is 17.0 Å². The van der Waals surface area contributed by atoms with Crippen molar-refractivity contribution in [1.82, 2.24) is 18.8 Å². The first kappa shape index (κ1) is 22.2. The molecule has 2 heterocycles. The van der Waals surface area contributed by atoms with Gasteiger partial charge in [0.1, 0.15) is 0 Å². The van der Waals surface area contributed by atoms with E-state index in [2.05, 4.69) is 28.4 Å². The number of hydrogen-bond acceptors (Lipinski definition) is 4. The van der Waals surface area contributed by atoms with Gasteiger partial charge in [0.15, 0.2) is 0 Å². The molecular formula is C21H34N4O3S. The Balaban J connectivity index is 1.47. The highest BCUT2D eigenvalue weighted by Gasteiger charge is 2.32. The molecule has 0 bridgehead atoms. The van der Waals surface area contributed by atoms with Gasteiger partial charge in [0.2, 0.25) is 5.91 Å². The maximum atomic E-state index is 12.6. The molecule has 1 amide bonds. The molecule has 29 heavy (non-hydrogen) atoms. The number of rotatable bonds is 7. The van der Waals surface area contributed by atoms with Gasteiger partial charge in [0.25, 0.3) is 10.2 Å². The lowest BCUT2D eigenvalue weighted by Crippen LogP contribution is -2.46. The Labute approximate surface area is 175 Å². The Kier molecular flexibility index (Phi) is 7.67. The van der Waals surface area contributed by atoms with Crippen molar-refractivity contribution < 1.29 is 13.2 Å². The zero-order valence-electron chi connectivity index (χ0n) is 17.6. The van der Waals surface area contributed by atoms with Crippen LogP contribution in [-0.4, -0.2) is 68.1 Å². The van der Waals surface area contributed by atoms with Gasteiger partial charge in [-0.3, -0.25) is 9.69 Å². The number of nitrogens with zero attached hydrogens (tertiary/aromatic N) is 3. The standard InChI is InChI=1S/C21H34N4O3S/c1-23(2)29(27,28)25-13-9-20(10-14-25)21(26)22-16-18-7-6-8-19(15-18)17-24-11-4-3-5-12-24/h6-8,15,20H,3-5,9-14,16-17H2,1-2H3,(H,22,26). The van der Waals surface area contributed by atoms with E-state index in [1.165, 1.54) is 60.6 Å². The largest absolute Gasteiger partial charge is 0.352 e. The lowest BCUT2D eigenvalue weighted by molar-refractivity contribution is -0.126. The summed E-state index contributed by atoms with van der Waals surface area (Å²) < 4.78 is 27.1. The van der Waals surface area contributed by atoms with Crippen molar-refractivity contribution in [2.75, 3.05) is 40.3 Å². The summed E-state index contributed by atoms with van der Waals surface area (Å²) in [6, 6.07) is 8.44. The molecule has 2 saturated heterocycles. The third-order valence-corrected chi connectivity index (χ3v) is 7.87. The van der Waals surface area contributed by atoms with Crippen LogP contribution >= 0.6 is 0 Å². The summed E-state index contributed by atoms with van der Waals surface area (Å²) in [7, 11) is -0.320. The van der Waals surface area contributed by atoms with Gasteiger partial charge in [-0.15, -0.1) is 0 Å². The maximum absolute atomic E-state index is 12.6. The molecule has 0 aliphatic carbocycles. The fraction of sp³-hybridized carbons (Fsp3) is 0.667. The first-order chi connectivity index (χ1) is 13.9. The zero-order valence-corrected chi connectivity index (χ0v) is 18.5. The van der Waals surface area contributed by atoms with Crippen LogP contribution in [0.3, 0.4) is 0 Å². The molecule has 162 valence electrons. The Bertz CT molecular complexity index is 783. The number of piperidine rings is 2. The topological polar surface area (TPSA) is 73.0 Å². The van der Waals surface area contributed by atoms with Gasteiger partial charge in [-0.25, -0.2) is 0 Å². The molecule has 2 aliphatic rings. The second kappa shape index (κ2) is 10.0. The molecule has 1 N–H and O–H groups in total. The van der Waals surface area contributed by atoms with E-state index in [0.717, 1.165) is 12.1 Å². The van der Waals surface area contributed by atoms with E-state index in [0.29, 0.717) is 32.5 Å². The minimum absolute atomic E-state index is 0.0216. The summed E-state index contributed by atoms with van der Waals surface area (Å²) in [4.78, 5) is 15.1. The first-order valence-electron chi connectivity index (χ1n) is 10.6. The molecule has 0 saturated carbocycles. The number of likely N-dealkylation sites (tertiary alicyclic amines) is 1. The summed E-state index contributed by atoms with van der Waals surface area (Å²) in [5, 5.41) is 3.04. The van der Waals surface area contributed by atoms with Gasteiger partial charge < -0.3 is 5.32 Å². The van der Waals surface area contributed by atoms with Crippen LogP contribution in [0, 0.1) is 5.92 Å². The zero-order chi connectivity index (χ0) is 20.9. The number of amides is 1. The van der Waals surface area contributed by atoms with E-state index in [-0.39, 0.29) is 11.8 Å². The highest BCUT2D eigenvalue weighted by atomic mass is 32.2. The summed E-state index contributed by atoms with van der Waals surface area (Å²) in [6.07, 6.45) is 5.03. The molecule has 0 spiro atoms. The normalized spacial score (nSPS) is 20.1. The molecule has 0 aromatic heterocycles. The van der Waals surface area contributed by atoms with Gasteiger partial charge in [-0.1, -0.05) is 30.7 Å². The highest BCUT2D eigenvalue weighted by Crippen LogP contribution is 2.21. The van der Waals surface area contributed by atoms with Crippen molar-refractivity contribution in [2.24, 2.45) is 5.92 Å². The van der Waals surface area contributed by atoms with Crippen LogP contribution in [0.15, 0.2) is 24.3 Å². The van der Waals surface area contributed by atoms with Gasteiger partial charge in [0.05, 0.1) is 0 Å². The van der Waals surface area contributed by atoms with Crippen molar-refractivity contribution in [1.29, 1.82) is 0 Å². The Hall–Kier alpha value is -1.48. The average Bonchev–Trinajstić information content (AvgIpc) is 2.73. The van der Waals surface area contributed by atoms with Crippen LogP contribution < -0.4 is 5.32 Å². The number of benzene rings is 1.